The number of nitrogens with one attached hydrogen (secondary N) is 2. The molecule has 0 fully saturated rings. The summed E-state index contributed by atoms with van der Waals surface area (Å²) in [7, 11) is -3.43. The van der Waals surface area contributed by atoms with Crippen molar-refractivity contribution < 1.29 is 8.42 Å². The molecule has 0 spiro atoms. The molecule has 0 radical (unpaired) electrons. The van der Waals surface area contributed by atoms with Gasteiger partial charge in [-0.1, -0.05) is 12.1 Å². The maximum Gasteiger partial charge on any atom is 0.240 e. The van der Waals surface area contributed by atoms with Crippen molar-refractivity contribution in [3.05, 3.63) is 48.0 Å². The van der Waals surface area contributed by atoms with Crippen LogP contribution < -0.4 is 4.72 Å². The number of imidazole rings is 1. The summed E-state index contributed by atoms with van der Waals surface area (Å²) in [6.45, 7) is 2.19. The van der Waals surface area contributed by atoms with Crippen LogP contribution in [-0.2, 0) is 16.4 Å². The zero-order chi connectivity index (χ0) is 13.0. The molecule has 0 aliphatic heterocycles. The number of hydrogen-bond donors (Lipinski definition) is 2. The van der Waals surface area contributed by atoms with Crippen molar-refractivity contribution in [1.29, 1.82) is 0 Å². The maximum atomic E-state index is 12.0. The Labute approximate surface area is 106 Å². The molecule has 6 heteroatoms. The van der Waals surface area contributed by atoms with Crippen LogP contribution in [0.25, 0.3) is 0 Å². The third kappa shape index (κ3) is 3.18. The van der Waals surface area contributed by atoms with Gasteiger partial charge in [0.2, 0.25) is 10.0 Å². The molecule has 1 aromatic carbocycles. The molecule has 0 bridgehead atoms. The van der Waals surface area contributed by atoms with Gasteiger partial charge in [0.15, 0.2) is 0 Å². The summed E-state index contributed by atoms with van der Waals surface area (Å²) >= 11 is 0. The lowest BCUT2D eigenvalue weighted by Crippen LogP contribution is -2.26. The first kappa shape index (κ1) is 12.8. The molecule has 2 rings (SSSR count). The molecule has 0 atom stereocenters. The largest absolute Gasteiger partial charge is 0.349 e. The lowest BCUT2D eigenvalue weighted by molar-refractivity contribution is 0.581. The van der Waals surface area contributed by atoms with Crippen molar-refractivity contribution in [2.75, 3.05) is 6.54 Å². The van der Waals surface area contributed by atoms with Gasteiger partial charge >= 0.3 is 0 Å². The first-order valence-corrected chi connectivity index (χ1v) is 7.11. The van der Waals surface area contributed by atoms with Crippen molar-refractivity contribution in [3.63, 3.8) is 0 Å². The van der Waals surface area contributed by atoms with Crippen LogP contribution in [0.15, 0.2) is 41.6 Å². The van der Waals surface area contributed by atoms with Gasteiger partial charge in [-0.3, -0.25) is 0 Å². The maximum absolute atomic E-state index is 12.0. The molecular formula is C12H15N3O2S. The van der Waals surface area contributed by atoms with E-state index in [9.17, 15) is 8.42 Å². The van der Waals surface area contributed by atoms with E-state index in [-0.39, 0.29) is 0 Å². The molecule has 0 aliphatic rings. The van der Waals surface area contributed by atoms with E-state index in [1.807, 2.05) is 13.0 Å². The summed E-state index contributed by atoms with van der Waals surface area (Å²) in [5.41, 5.74) is 0.920. The number of nitrogens with zero attached hydrogens (tertiary/aromatic N) is 1. The highest BCUT2D eigenvalue weighted by molar-refractivity contribution is 7.89. The van der Waals surface area contributed by atoms with E-state index >= 15 is 0 Å². The van der Waals surface area contributed by atoms with Crippen molar-refractivity contribution in [1.82, 2.24) is 14.7 Å². The van der Waals surface area contributed by atoms with E-state index in [2.05, 4.69) is 14.7 Å². The molecule has 1 aromatic heterocycles. The monoisotopic (exact) mass is 265 g/mol. The second kappa shape index (κ2) is 5.32. The van der Waals surface area contributed by atoms with E-state index in [0.717, 1.165) is 11.4 Å². The average molecular weight is 265 g/mol. The summed E-state index contributed by atoms with van der Waals surface area (Å²) in [6.07, 6.45) is 3.90. The van der Waals surface area contributed by atoms with Crippen molar-refractivity contribution >= 4 is 10.0 Å². The van der Waals surface area contributed by atoms with Crippen LogP contribution in [0.5, 0.6) is 0 Å². The second-order valence-electron chi connectivity index (χ2n) is 4.00. The molecule has 0 amide bonds. The van der Waals surface area contributed by atoms with E-state index in [0.29, 0.717) is 17.9 Å². The molecule has 2 N–H and O–H groups in total. The average Bonchev–Trinajstić information content (AvgIpc) is 2.82. The van der Waals surface area contributed by atoms with Gasteiger partial charge in [0.05, 0.1) is 4.90 Å². The Balaban J connectivity index is 1.99. The molecule has 2 aromatic rings. The Morgan fingerprint density at radius 2 is 2.22 bits per heavy atom. The van der Waals surface area contributed by atoms with E-state index in [1.165, 1.54) is 0 Å². The number of aromatic nitrogens is 2. The number of aryl methyl sites for hydroxylation is 1. The van der Waals surface area contributed by atoms with E-state index in [1.54, 1.807) is 30.6 Å². The fourth-order valence-corrected chi connectivity index (χ4v) is 2.74. The minimum absolute atomic E-state index is 0.293. The van der Waals surface area contributed by atoms with Crippen LogP contribution in [0.3, 0.4) is 0 Å². The van der Waals surface area contributed by atoms with Crippen LogP contribution in [0, 0.1) is 6.92 Å². The van der Waals surface area contributed by atoms with Gasteiger partial charge in [-0.2, -0.15) is 0 Å². The minimum Gasteiger partial charge on any atom is -0.349 e. The minimum atomic E-state index is -3.43. The highest BCUT2D eigenvalue weighted by atomic mass is 32.2. The van der Waals surface area contributed by atoms with Gasteiger partial charge in [0.25, 0.3) is 0 Å². The fourth-order valence-electron chi connectivity index (χ4n) is 1.60. The number of benzene rings is 1. The van der Waals surface area contributed by atoms with Crippen LogP contribution in [0.4, 0.5) is 0 Å². The third-order valence-corrected chi connectivity index (χ3v) is 3.97. The molecule has 5 nitrogen and oxygen atoms in total. The molecule has 1 heterocycles. The zero-order valence-electron chi connectivity index (χ0n) is 10.1. The molecule has 18 heavy (non-hydrogen) atoms. The quantitative estimate of drug-likeness (QED) is 0.854. The number of hydrogen-bond acceptors (Lipinski definition) is 3. The SMILES string of the molecule is Cc1cccc(S(=O)(=O)NCCc2ncc[nH]2)c1. The number of aromatic amines is 1. The van der Waals surface area contributed by atoms with Crippen molar-refractivity contribution in [3.8, 4) is 0 Å². The second-order valence-corrected chi connectivity index (χ2v) is 5.77. The van der Waals surface area contributed by atoms with Gasteiger partial charge in [-0.05, 0) is 24.6 Å². The molecule has 0 unspecified atom stereocenters. The third-order valence-electron chi connectivity index (χ3n) is 2.51. The Morgan fingerprint density at radius 1 is 1.39 bits per heavy atom. The molecular weight excluding hydrogens is 250 g/mol. The van der Waals surface area contributed by atoms with E-state index in [4.69, 9.17) is 0 Å². The summed E-state index contributed by atoms with van der Waals surface area (Å²) in [4.78, 5) is 7.25. The highest BCUT2D eigenvalue weighted by Crippen LogP contribution is 2.10. The zero-order valence-corrected chi connectivity index (χ0v) is 10.9. The summed E-state index contributed by atoms with van der Waals surface area (Å²) in [5, 5.41) is 0. The Hall–Kier alpha value is -1.66. The van der Waals surface area contributed by atoms with Crippen LogP contribution in [0.1, 0.15) is 11.4 Å². The number of sulfonamides is 1. The normalized spacial score (nSPS) is 11.6. The topological polar surface area (TPSA) is 74.8 Å². The van der Waals surface area contributed by atoms with E-state index < -0.39 is 10.0 Å². The number of rotatable bonds is 5. The predicted molar refractivity (Wildman–Crippen MR) is 68.7 cm³/mol. The predicted octanol–water partition coefficient (Wildman–Crippen LogP) is 1.24. The fraction of sp³-hybridized carbons (Fsp3) is 0.250. The molecule has 96 valence electrons. The van der Waals surface area contributed by atoms with Crippen molar-refractivity contribution in [2.45, 2.75) is 18.2 Å². The number of H-pyrrole nitrogens is 1. The smallest absolute Gasteiger partial charge is 0.240 e. The molecule has 0 aliphatic carbocycles. The lowest BCUT2D eigenvalue weighted by Gasteiger charge is -2.06. The van der Waals surface area contributed by atoms with Crippen LogP contribution in [0.2, 0.25) is 0 Å². The van der Waals surface area contributed by atoms with Gasteiger partial charge in [-0.15, -0.1) is 0 Å². The standard InChI is InChI=1S/C12H15N3O2S/c1-10-3-2-4-11(9-10)18(16,17)15-6-5-12-13-7-8-14-12/h2-4,7-9,15H,5-6H2,1H3,(H,13,14). The summed E-state index contributed by atoms with van der Waals surface area (Å²) in [5.74, 6) is 0.766. The first-order chi connectivity index (χ1) is 8.58. The Morgan fingerprint density at radius 3 is 2.89 bits per heavy atom. The molecule has 0 saturated heterocycles. The van der Waals surface area contributed by atoms with Gasteiger partial charge < -0.3 is 4.98 Å². The first-order valence-electron chi connectivity index (χ1n) is 5.62. The van der Waals surface area contributed by atoms with Crippen LogP contribution >= 0.6 is 0 Å². The van der Waals surface area contributed by atoms with Gasteiger partial charge in [0, 0.05) is 25.4 Å². The summed E-state index contributed by atoms with van der Waals surface area (Å²) in [6, 6.07) is 6.83. The van der Waals surface area contributed by atoms with Gasteiger partial charge in [0.1, 0.15) is 5.82 Å². The van der Waals surface area contributed by atoms with Crippen molar-refractivity contribution in [2.24, 2.45) is 0 Å². The Kier molecular flexibility index (Phi) is 3.78. The van der Waals surface area contributed by atoms with Crippen LogP contribution in [-0.4, -0.2) is 24.9 Å². The van der Waals surface area contributed by atoms with Gasteiger partial charge in [-0.25, -0.2) is 18.1 Å². The summed E-state index contributed by atoms with van der Waals surface area (Å²) < 4.78 is 26.5. The molecule has 0 saturated carbocycles. The lowest BCUT2D eigenvalue weighted by atomic mass is 10.2. The Bertz CT molecular complexity index is 606. The highest BCUT2D eigenvalue weighted by Gasteiger charge is 2.13.